The molecule has 3 rings (SSSR count). The first-order valence-electron chi connectivity index (χ1n) is 5.47. The van der Waals surface area contributed by atoms with Gasteiger partial charge in [-0.05, 0) is 24.3 Å². The predicted octanol–water partition coefficient (Wildman–Crippen LogP) is 1.88. The number of H-pyrrole nitrogens is 1. The number of benzene rings is 1. The fourth-order valence-corrected chi connectivity index (χ4v) is 1.75. The van der Waals surface area contributed by atoms with Crippen LogP contribution in [0.3, 0.4) is 0 Å². The largest absolute Gasteiger partial charge is 0.478 e. The number of carboxylic acids is 1. The number of oxazole rings is 1. The van der Waals surface area contributed by atoms with Crippen molar-refractivity contribution in [3.8, 4) is 11.6 Å². The van der Waals surface area contributed by atoms with Gasteiger partial charge in [0.25, 0.3) is 0 Å². The van der Waals surface area contributed by atoms with E-state index in [4.69, 9.17) is 9.52 Å². The highest BCUT2D eigenvalue weighted by atomic mass is 16.4. The number of nitrogens with one attached hydrogen (secondary N) is 1. The Morgan fingerprint density at radius 2 is 2.11 bits per heavy atom. The fourth-order valence-electron chi connectivity index (χ4n) is 1.75. The highest BCUT2D eigenvalue weighted by Gasteiger charge is 2.11. The molecule has 6 nitrogen and oxygen atoms in total. The van der Waals surface area contributed by atoms with E-state index in [9.17, 15) is 9.59 Å². The van der Waals surface area contributed by atoms with Gasteiger partial charge in [-0.2, -0.15) is 0 Å². The molecule has 0 unspecified atom stereocenters. The standard InChI is InChI=1S/C13H8N2O4/c16-11-3-1-2-8(14-11)12-15-9-6-7(13(17)18)4-5-10(9)19-12/h1-6H,(H,14,16)(H,17,18). The molecule has 1 aromatic carbocycles. The summed E-state index contributed by atoms with van der Waals surface area (Å²) in [5.74, 6) is -0.783. The van der Waals surface area contributed by atoms with Crippen LogP contribution in [0, 0.1) is 0 Å². The quantitative estimate of drug-likeness (QED) is 0.729. The summed E-state index contributed by atoms with van der Waals surface area (Å²) in [6.07, 6.45) is 0. The van der Waals surface area contributed by atoms with Crippen LogP contribution in [0.15, 0.2) is 45.6 Å². The number of aromatic amines is 1. The molecule has 3 aromatic rings. The number of fused-ring (bicyclic) bond motifs is 1. The average molecular weight is 256 g/mol. The highest BCUT2D eigenvalue weighted by Crippen LogP contribution is 2.22. The van der Waals surface area contributed by atoms with Crippen LogP contribution in [0.2, 0.25) is 0 Å². The van der Waals surface area contributed by atoms with Crippen molar-refractivity contribution in [3.05, 3.63) is 52.3 Å². The van der Waals surface area contributed by atoms with Crippen LogP contribution in [0.5, 0.6) is 0 Å². The van der Waals surface area contributed by atoms with Crippen LogP contribution in [-0.4, -0.2) is 21.0 Å². The number of carbonyl (C=O) groups is 1. The summed E-state index contributed by atoms with van der Waals surface area (Å²) >= 11 is 0. The lowest BCUT2D eigenvalue weighted by atomic mass is 10.2. The van der Waals surface area contributed by atoms with Crippen molar-refractivity contribution in [1.29, 1.82) is 0 Å². The van der Waals surface area contributed by atoms with E-state index in [0.717, 1.165) is 0 Å². The molecule has 0 spiro atoms. The highest BCUT2D eigenvalue weighted by molar-refractivity contribution is 5.92. The second-order valence-corrected chi connectivity index (χ2v) is 3.94. The van der Waals surface area contributed by atoms with Gasteiger partial charge < -0.3 is 14.5 Å². The third-order valence-electron chi connectivity index (χ3n) is 2.63. The van der Waals surface area contributed by atoms with Gasteiger partial charge >= 0.3 is 5.97 Å². The van der Waals surface area contributed by atoms with Crippen molar-refractivity contribution in [3.63, 3.8) is 0 Å². The molecule has 19 heavy (non-hydrogen) atoms. The summed E-state index contributed by atoms with van der Waals surface area (Å²) in [4.78, 5) is 28.8. The summed E-state index contributed by atoms with van der Waals surface area (Å²) in [6.45, 7) is 0. The van der Waals surface area contributed by atoms with Gasteiger partial charge in [0.2, 0.25) is 11.4 Å². The van der Waals surface area contributed by atoms with E-state index in [2.05, 4.69) is 9.97 Å². The van der Waals surface area contributed by atoms with E-state index in [1.807, 2.05) is 0 Å². The van der Waals surface area contributed by atoms with Crippen molar-refractivity contribution in [2.75, 3.05) is 0 Å². The van der Waals surface area contributed by atoms with Crippen LogP contribution in [0.25, 0.3) is 22.7 Å². The fraction of sp³-hybridized carbons (Fsp3) is 0. The molecule has 0 atom stereocenters. The zero-order valence-corrected chi connectivity index (χ0v) is 9.58. The number of aromatic carboxylic acids is 1. The first-order chi connectivity index (χ1) is 9.13. The van der Waals surface area contributed by atoms with E-state index >= 15 is 0 Å². The van der Waals surface area contributed by atoms with E-state index < -0.39 is 5.97 Å². The molecule has 6 heteroatoms. The molecule has 0 aliphatic rings. The number of hydrogen-bond donors (Lipinski definition) is 2. The average Bonchev–Trinajstić information content (AvgIpc) is 2.81. The number of aromatic nitrogens is 2. The van der Waals surface area contributed by atoms with Crippen molar-refractivity contribution in [2.24, 2.45) is 0 Å². The van der Waals surface area contributed by atoms with E-state index in [-0.39, 0.29) is 17.0 Å². The Morgan fingerprint density at radius 3 is 2.84 bits per heavy atom. The minimum Gasteiger partial charge on any atom is -0.478 e. The Bertz CT molecular complexity index is 832. The number of hydrogen-bond acceptors (Lipinski definition) is 4. The van der Waals surface area contributed by atoms with Crippen LogP contribution in [0.4, 0.5) is 0 Å². The molecule has 0 saturated carbocycles. The van der Waals surface area contributed by atoms with Crippen molar-refractivity contribution < 1.29 is 14.3 Å². The van der Waals surface area contributed by atoms with E-state index in [1.54, 1.807) is 12.1 Å². The molecule has 0 bridgehead atoms. The van der Waals surface area contributed by atoms with Crippen LogP contribution in [0.1, 0.15) is 10.4 Å². The Morgan fingerprint density at radius 1 is 1.26 bits per heavy atom. The minimum atomic E-state index is -1.03. The molecule has 94 valence electrons. The van der Waals surface area contributed by atoms with Gasteiger partial charge in [0.15, 0.2) is 5.58 Å². The van der Waals surface area contributed by atoms with Crippen LogP contribution < -0.4 is 5.56 Å². The summed E-state index contributed by atoms with van der Waals surface area (Å²) in [6, 6.07) is 9.03. The molecular weight excluding hydrogens is 248 g/mol. The third-order valence-corrected chi connectivity index (χ3v) is 2.63. The van der Waals surface area contributed by atoms with Gasteiger partial charge in [-0.3, -0.25) is 4.79 Å². The summed E-state index contributed by atoms with van der Waals surface area (Å²) < 4.78 is 5.47. The maximum atomic E-state index is 11.2. The molecule has 0 saturated heterocycles. The molecule has 0 aliphatic heterocycles. The molecule has 0 aliphatic carbocycles. The molecule has 0 radical (unpaired) electrons. The molecule has 2 N–H and O–H groups in total. The smallest absolute Gasteiger partial charge is 0.335 e. The number of nitrogens with zero attached hydrogens (tertiary/aromatic N) is 1. The number of rotatable bonds is 2. The molecule has 2 aromatic heterocycles. The first-order valence-corrected chi connectivity index (χ1v) is 5.47. The topological polar surface area (TPSA) is 96.2 Å². The number of pyridine rings is 1. The monoisotopic (exact) mass is 256 g/mol. The Balaban J connectivity index is 2.16. The minimum absolute atomic E-state index is 0.133. The molecular formula is C13H8N2O4. The van der Waals surface area contributed by atoms with Crippen molar-refractivity contribution in [2.45, 2.75) is 0 Å². The predicted molar refractivity (Wildman–Crippen MR) is 67.0 cm³/mol. The molecule has 0 amide bonds. The van der Waals surface area contributed by atoms with Crippen molar-refractivity contribution >= 4 is 17.1 Å². The zero-order valence-electron chi connectivity index (χ0n) is 9.58. The maximum Gasteiger partial charge on any atom is 0.335 e. The lowest BCUT2D eigenvalue weighted by molar-refractivity contribution is 0.0697. The second-order valence-electron chi connectivity index (χ2n) is 3.94. The number of carboxylic acid groups (broad SMARTS) is 1. The van der Waals surface area contributed by atoms with Crippen molar-refractivity contribution in [1.82, 2.24) is 9.97 Å². The van der Waals surface area contributed by atoms with Gasteiger partial charge in [-0.15, -0.1) is 0 Å². The van der Waals surface area contributed by atoms with Gasteiger partial charge in [-0.25, -0.2) is 9.78 Å². The second kappa shape index (κ2) is 4.09. The maximum absolute atomic E-state index is 11.2. The molecule has 0 fully saturated rings. The summed E-state index contributed by atoms with van der Waals surface area (Å²) in [5, 5.41) is 8.90. The Hall–Kier alpha value is -2.89. The van der Waals surface area contributed by atoms with Crippen LogP contribution in [-0.2, 0) is 0 Å². The third kappa shape index (κ3) is 1.99. The van der Waals surface area contributed by atoms with Gasteiger partial charge in [0.05, 0.1) is 5.56 Å². The lowest BCUT2D eigenvalue weighted by Gasteiger charge is -1.92. The van der Waals surface area contributed by atoms with Gasteiger partial charge in [0, 0.05) is 6.07 Å². The first kappa shape index (κ1) is 11.2. The van der Waals surface area contributed by atoms with Gasteiger partial charge in [0.1, 0.15) is 11.2 Å². The van der Waals surface area contributed by atoms with Gasteiger partial charge in [-0.1, -0.05) is 6.07 Å². The zero-order chi connectivity index (χ0) is 13.4. The Labute approximate surface area is 106 Å². The Kier molecular flexibility index (Phi) is 2.42. The summed E-state index contributed by atoms with van der Waals surface area (Å²) in [7, 11) is 0. The summed E-state index contributed by atoms with van der Waals surface area (Å²) in [5.41, 5.74) is 1.21. The molecule has 2 heterocycles. The normalized spacial score (nSPS) is 10.7. The van der Waals surface area contributed by atoms with Crippen LogP contribution >= 0.6 is 0 Å². The van der Waals surface area contributed by atoms with E-state index in [1.165, 1.54) is 24.3 Å². The SMILES string of the molecule is O=C(O)c1ccc2oc(-c3cccc(=O)[nH]3)nc2c1. The lowest BCUT2D eigenvalue weighted by Crippen LogP contribution is -2.03. The van der Waals surface area contributed by atoms with E-state index in [0.29, 0.717) is 16.8 Å².